The van der Waals surface area contributed by atoms with Crippen LogP contribution in [0.4, 0.5) is 0 Å². The van der Waals surface area contributed by atoms with Crippen molar-refractivity contribution in [2.75, 3.05) is 26.7 Å². The Labute approximate surface area is 241 Å². The van der Waals surface area contributed by atoms with E-state index in [1.165, 1.54) is 23.5 Å². The second kappa shape index (κ2) is 14.7. The average molecular weight is 619 g/mol. The van der Waals surface area contributed by atoms with Gasteiger partial charge in [-0.3, -0.25) is 4.79 Å². The van der Waals surface area contributed by atoms with Gasteiger partial charge in [0, 0.05) is 36.0 Å². The third-order valence-electron chi connectivity index (χ3n) is 6.64. The lowest BCUT2D eigenvalue weighted by molar-refractivity contribution is -0.132. The number of ether oxygens (including phenoxy) is 1. The molecule has 0 fully saturated rings. The van der Waals surface area contributed by atoms with E-state index in [1.54, 1.807) is 17.0 Å². The molecule has 9 heteroatoms. The van der Waals surface area contributed by atoms with Crippen LogP contribution in [0.1, 0.15) is 51.3 Å². The fourth-order valence-corrected chi connectivity index (χ4v) is 5.87. The van der Waals surface area contributed by atoms with E-state index >= 15 is 0 Å². The van der Waals surface area contributed by atoms with Gasteiger partial charge in [-0.15, -0.1) is 0 Å². The summed E-state index contributed by atoms with van der Waals surface area (Å²) in [5, 5.41) is 0. The first kappa shape index (κ1) is 30.9. The van der Waals surface area contributed by atoms with E-state index in [-0.39, 0.29) is 23.9 Å². The number of carbonyl (C=O) groups excluding carboxylic acids is 1. The summed E-state index contributed by atoms with van der Waals surface area (Å²) in [6, 6.07) is 18.5. The van der Waals surface area contributed by atoms with Crippen molar-refractivity contribution in [2.24, 2.45) is 5.92 Å². The number of nitrogens with zero attached hydrogens (tertiary/aromatic N) is 3. The normalized spacial score (nSPS) is 11.8. The molecule has 0 atom stereocenters. The Morgan fingerprint density at radius 1 is 1.03 bits per heavy atom. The molecule has 1 heterocycles. The summed E-state index contributed by atoms with van der Waals surface area (Å²) in [6.07, 6.45) is 4.46. The maximum atomic E-state index is 13.7. The van der Waals surface area contributed by atoms with E-state index in [0.29, 0.717) is 37.7 Å². The highest BCUT2D eigenvalue weighted by Crippen LogP contribution is 2.21. The number of halogens is 1. The minimum atomic E-state index is -3.86. The molecule has 0 aliphatic carbocycles. The number of hydrogen-bond donors (Lipinski definition) is 0. The van der Waals surface area contributed by atoms with Crippen LogP contribution in [0.2, 0.25) is 0 Å². The van der Waals surface area contributed by atoms with Gasteiger partial charge in [0.2, 0.25) is 15.9 Å². The predicted octanol–water partition coefficient (Wildman–Crippen LogP) is 6.17. The zero-order chi connectivity index (χ0) is 28.4. The van der Waals surface area contributed by atoms with Gasteiger partial charge >= 0.3 is 0 Å². The Hall–Kier alpha value is -2.62. The quantitative estimate of drug-likeness (QED) is 0.204. The van der Waals surface area contributed by atoms with Crippen molar-refractivity contribution in [1.29, 1.82) is 0 Å². The van der Waals surface area contributed by atoms with Crippen molar-refractivity contribution >= 4 is 31.9 Å². The molecule has 212 valence electrons. The summed E-state index contributed by atoms with van der Waals surface area (Å²) in [5.74, 6) is 0.683. The molecule has 1 aromatic heterocycles. The van der Waals surface area contributed by atoms with E-state index in [0.717, 1.165) is 28.6 Å². The minimum absolute atomic E-state index is 0.156. The van der Waals surface area contributed by atoms with E-state index in [2.05, 4.69) is 39.6 Å². The maximum absolute atomic E-state index is 13.7. The van der Waals surface area contributed by atoms with E-state index in [4.69, 9.17) is 4.74 Å². The molecule has 39 heavy (non-hydrogen) atoms. The smallest absolute Gasteiger partial charge is 0.243 e. The maximum Gasteiger partial charge on any atom is 0.243 e. The summed E-state index contributed by atoms with van der Waals surface area (Å²) in [5.41, 5.74) is 2.17. The number of sulfonamides is 1. The summed E-state index contributed by atoms with van der Waals surface area (Å²) in [6.45, 7) is 7.94. The van der Waals surface area contributed by atoms with E-state index < -0.39 is 10.0 Å². The molecule has 0 spiro atoms. The van der Waals surface area contributed by atoms with Crippen molar-refractivity contribution in [3.8, 4) is 5.75 Å². The second-order valence-corrected chi connectivity index (χ2v) is 13.0. The van der Waals surface area contributed by atoms with Crippen molar-refractivity contribution in [1.82, 2.24) is 13.8 Å². The molecule has 0 radical (unpaired) electrons. The summed E-state index contributed by atoms with van der Waals surface area (Å²) < 4.78 is 36.9. The number of carbonyl (C=O) groups is 1. The molecule has 0 N–H and O–H groups in total. The van der Waals surface area contributed by atoms with Crippen LogP contribution >= 0.6 is 15.9 Å². The lowest BCUT2D eigenvalue weighted by atomic mass is 10.1. The van der Waals surface area contributed by atoms with Crippen LogP contribution in [0.15, 0.2) is 76.2 Å². The number of aromatic nitrogens is 1. The van der Waals surface area contributed by atoms with Crippen LogP contribution in [0, 0.1) is 5.92 Å². The molecule has 3 rings (SSSR count). The molecular formula is C30H40BrN3O4S. The zero-order valence-corrected chi connectivity index (χ0v) is 25.7. The van der Waals surface area contributed by atoms with Crippen LogP contribution in [-0.4, -0.2) is 54.8 Å². The number of amides is 1. The molecule has 7 nitrogen and oxygen atoms in total. The van der Waals surface area contributed by atoms with Crippen LogP contribution in [0.25, 0.3) is 0 Å². The fraction of sp³-hybridized carbons (Fsp3) is 0.433. The van der Waals surface area contributed by atoms with E-state index in [1.807, 2.05) is 44.3 Å². The molecular weight excluding hydrogens is 578 g/mol. The standard InChI is InChI=1S/C30H40BrN3O4S/c1-5-6-18-33(22-27-8-7-19-32(27)21-25-9-11-26(31)12-10-25)30(35)23-34(20-17-24(2)3)39(36,37)29-15-13-28(38-4)14-16-29/h7-16,19,24H,5-6,17-18,20-23H2,1-4H3. The van der Waals surface area contributed by atoms with Crippen LogP contribution < -0.4 is 4.74 Å². The minimum Gasteiger partial charge on any atom is -0.497 e. The Morgan fingerprint density at radius 2 is 1.72 bits per heavy atom. The number of hydrogen-bond acceptors (Lipinski definition) is 4. The first-order valence-corrected chi connectivity index (χ1v) is 15.7. The molecule has 0 saturated heterocycles. The highest BCUT2D eigenvalue weighted by molar-refractivity contribution is 9.10. The fourth-order valence-electron chi connectivity index (χ4n) is 4.20. The molecule has 2 aromatic carbocycles. The summed E-state index contributed by atoms with van der Waals surface area (Å²) >= 11 is 3.48. The van der Waals surface area contributed by atoms with Gasteiger partial charge in [-0.2, -0.15) is 4.31 Å². The molecule has 0 unspecified atom stereocenters. The second-order valence-electron chi connectivity index (χ2n) is 10.1. The zero-order valence-electron chi connectivity index (χ0n) is 23.3. The van der Waals surface area contributed by atoms with Gasteiger partial charge in [-0.05, 0) is 72.9 Å². The monoisotopic (exact) mass is 617 g/mol. The molecule has 0 aliphatic rings. The SMILES string of the molecule is CCCCN(Cc1cccn1Cc1ccc(Br)cc1)C(=O)CN(CCC(C)C)S(=O)(=O)c1ccc(OC)cc1. The van der Waals surface area contributed by atoms with Crippen LogP contribution in [-0.2, 0) is 27.9 Å². The predicted molar refractivity (Wildman–Crippen MR) is 159 cm³/mol. The number of rotatable bonds is 15. The lowest BCUT2D eigenvalue weighted by Crippen LogP contribution is -2.43. The summed E-state index contributed by atoms with van der Waals surface area (Å²) in [7, 11) is -2.32. The van der Waals surface area contributed by atoms with Gasteiger partial charge in [0.15, 0.2) is 0 Å². The van der Waals surface area contributed by atoms with Crippen molar-refractivity contribution in [3.63, 3.8) is 0 Å². The number of methoxy groups -OCH3 is 1. The Kier molecular flexibility index (Phi) is 11.6. The van der Waals surface area contributed by atoms with Gasteiger partial charge in [0.1, 0.15) is 5.75 Å². The molecule has 0 aliphatic heterocycles. The van der Waals surface area contributed by atoms with Crippen molar-refractivity contribution in [2.45, 2.75) is 58.0 Å². The Morgan fingerprint density at radius 3 is 2.33 bits per heavy atom. The van der Waals surface area contributed by atoms with Gasteiger partial charge in [-0.25, -0.2) is 8.42 Å². The molecule has 0 saturated carbocycles. The van der Waals surface area contributed by atoms with Gasteiger partial charge in [0.25, 0.3) is 0 Å². The molecule has 3 aromatic rings. The first-order valence-electron chi connectivity index (χ1n) is 13.4. The largest absolute Gasteiger partial charge is 0.497 e. The summed E-state index contributed by atoms with van der Waals surface area (Å²) in [4.78, 5) is 15.7. The van der Waals surface area contributed by atoms with Gasteiger partial charge in [0.05, 0.1) is 25.1 Å². The third-order valence-corrected chi connectivity index (χ3v) is 9.03. The van der Waals surface area contributed by atoms with Crippen molar-refractivity contribution in [3.05, 3.63) is 82.6 Å². The Bertz CT molecular complexity index is 1290. The lowest BCUT2D eigenvalue weighted by Gasteiger charge is -2.28. The third kappa shape index (κ3) is 8.95. The Balaban J connectivity index is 1.82. The number of benzene rings is 2. The highest BCUT2D eigenvalue weighted by Gasteiger charge is 2.29. The van der Waals surface area contributed by atoms with E-state index in [9.17, 15) is 13.2 Å². The van der Waals surface area contributed by atoms with Crippen molar-refractivity contribution < 1.29 is 17.9 Å². The first-order chi connectivity index (χ1) is 18.6. The average Bonchev–Trinajstić information content (AvgIpc) is 3.36. The van der Waals surface area contributed by atoms with Gasteiger partial charge in [-0.1, -0.05) is 55.3 Å². The molecule has 1 amide bonds. The topological polar surface area (TPSA) is 71.9 Å². The van der Waals surface area contributed by atoms with Crippen LogP contribution in [0.5, 0.6) is 5.75 Å². The van der Waals surface area contributed by atoms with Crippen LogP contribution in [0.3, 0.4) is 0 Å². The molecule has 0 bridgehead atoms. The number of unbranched alkanes of at least 4 members (excludes halogenated alkanes) is 1. The van der Waals surface area contributed by atoms with Gasteiger partial charge < -0.3 is 14.2 Å². The highest BCUT2D eigenvalue weighted by atomic mass is 79.9.